The van der Waals surface area contributed by atoms with Crippen LogP contribution in [0.25, 0.3) is 0 Å². The molecule has 2 aliphatic rings. The molecule has 0 heterocycles. The lowest BCUT2D eigenvalue weighted by Gasteiger charge is -2.39. The van der Waals surface area contributed by atoms with Gasteiger partial charge in [-0.3, -0.25) is 4.79 Å². The second-order valence-corrected chi connectivity index (χ2v) is 8.53. The van der Waals surface area contributed by atoms with Gasteiger partial charge in [-0.05, 0) is 70.1 Å². The maximum absolute atomic E-state index is 12.5. The highest BCUT2D eigenvalue weighted by Crippen LogP contribution is 2.65. The Bertz CT molecular complexity index is 600. The molecule has 4 heteroatoms. The first-order chi connectivity index (χ1) is 9.75. The summed E-state index contributed by atoms with van der Waals surface area (Å²) in [7, 11) is 0. The zero-order valence-electron chi connectivity index (χ0n) is 12.7. The Labute approximate surface area is 139 Å². The van der Waals surface area contributed by atoms with Crippen molar-refractivity contribution >= 4 is 33.4 Å². The van der Waals surface area contributed by atoms with Crippen molar-refractivity contribution in [2.45, 2.75) is 46.1 Å². The molecule has 21 heavy (non-hydrogen) atoms. The van der Waals surface area contributed by atoms with Gasteiger partial charge in [-0.25, -0.2) is 0 Å². The van der Waals surface area contributed by atoms with Crippen molar-refractivity contribution in [2.75, 3.05) is 0 Å². The van der Waals surface area contributed by atoms with E-state index in [-0.39, 0.29) is 17.4 Å². The topological polar surface area (TPSA) is 29.1 Å². The van der Waals surface area contributed by atoms with Crippen LogP contribution in [0.3, 0.4) is 0 Å². The van der Waals surface area contributed by atoms with Crippen LogP contribution in [0.15, 0.2) is 22.7 Å². The Morgan fingerprint density at radius 1 is 1.38 bits per heavy atom. The van der Waals surface area contributed by atoms with Crippen molar-refractivity contribution in [3.63, 3.8) is 0 Å². The van der Waals surface area contributed by atoms with Crippen LogP contribution in [-0.4, -0.2) is 11.9 Å². The predicted molar refractivity (Wildman–Crippen MR) is 89.6 cm³/mol. The van der Waals surface area contributed by atoms with E-state index in [1.165, 1.54) is 12.8 Å². The quantitative estimate of drug-likeness (QED) is 0.775. The van der Waals surface area contributed by atoms with E-state index in [2.05, 4.69) is 42.0 Å². The average molecular weight is 371 g/mol. The fourth-order valence-electron chi connectivity index (χ4n) is 4.30. The van der Waals surface area contributed by atoms with Gasteiger partial charge < -0.3 is 5.32 Å². The number of nitrogens with one attached hydrogen (secondary N) is 1. The molecule has 1 amide bonds. The lowest BCUT2D eigenvalue weighted by molar-refractivity contribution is 0.0826. The summed E-state index contributed by atoms with van der Waals surface area (Å²) in [4.78, 5) is 12.5. The minimum Gasteiger partial charge on any atom is -0.349 e. The molecule has 2 saturated carbocycles. The van der Waals surface area contributed by atoms with E-state index in [1.807, 2.05) is 12.1 Å². The molecule has 3 unspecified atom stereocenters. The minimum atomic E-state index is -0.0148. The second kappa shape index (κ2) is 4.99. The number of carbonyl (C=O) groups excluding carboxylic acids is 1. The molecule has 0 aliphatic heterocycles. The van der Waals surface area contributed by atoms with E-state index in [0.29, 0.717) is 16.0 Å². The highest BCUT2D eigenvalue weighted by atomic mass is 79.9. The number of halogens is 2. The van der Waals surface area contributed by atoms with Crippen molar-refractivity contribution in [2.24, 2.45) is 16.7 Å². The number of benzene rings is 1. The van der Waals surface area contributed by atoms with E-state index in [4.69, 9.17) is 11.6 Å². The van der Waals surface area contributed by atoms with Crippen molar-refractivity contribution in [3.8, 4) is 0 Å². The fourth-order valence-corrected chi connectivity index (χ4v) is 4.73. The standard InChI is InChI=1S/C17H21BrClNO/c1-16(2)11-6-7-17(16,3)14(9-11)20-15(21)10-4-5-12(18)13(19)8-10/h4-5,8,11,14H,6-7,9H2,1-3H3,(H,20,21). The Hall–Kier alpha value is -0.540. The SMILES string of the molecule is CC1(C)C2CCC1(C)C(NC(=O)c1ccc(Br)c(Cl)c1)C2. The predicted octanol–water partition coefficient (Wildman–Crippen LogP) is 5.05. The number of fused-ring (bicyclic) bond motifs is 2. The van der Waals surface area contributed by atoms with Gasteiger partial charge in [-0.15, -0.1) is 0 Å². The van der Waals surface area contributed by atoms with Gasteiger partial charge in [0.15, 0.2) is 0 Å². The lowest BCUT2D eigenvalue weighted by atomic mass is 9.69. The Kier molecular flexibility index (Phi) is 3.65. The fraction of sp³-hybridized carbons (Fsp3) is 0.588. The van der Waals surface area contributed by atoms with Crippen LogP contribution >= 0.6 is 27.5 Å². The molecule has 0 radical (unpaired) electrons. The molecule has 2 aliphatic carbocycles. The van der Waals surface area contributed by atoms with E-state index in [0.717, 1.165) is 16.8 Å². The summed E-state index contributed by atoms with van der Waals surface area (Å²) in [6, 6.07) is 5.62. The van der Waals surface area contributed by atoms with Crippen molar-refractivity contribution in [3.05, 3.63) is 33.3 Å². The number of amides is 1. The maximum Gasteiger partial charge on any atom is 0.251 e. The molecule has 0 saturated heterocycles. The molecule has 3 atom stereocenters. The molecule has 2 fully saturated rings. The maximum atomic E-state index is 12.5. The van der Waals surface area contributed by atoms with Crippen molar-refractivity contribution < 1.29 is 4.79 Å². The molecule has 1 aromatic rings. The third-order valence-electron chi connectivity index (χ3n) is 6.28. The monoisotopic (exact) mass is 369 g/mol. The van der Waals surface area contributed by atoms with Crippen LogP contribution in [0.5, 0.6) is 0 Å². The lowest BCUT2D eigenvalue weighted by Crippen LogP contribution is -2.46. The average Bonchev–Trinajstić information content (AvgIpc) is 2.75. The van der Waals surface area contributed by atoms with E-state index in [9.17, 15) is 4.79 Å². The summed E-state index contributed by atoms with van der Waals surface area (Å²) >= 11 is 9.44. The van der Waals surface area contributed by atoms with Crippen LogP contribution in [0.4, 0.5) is 0 Å². The minimum absolute atomic E-state index is 0.0148. The third-order valence-corrected chi connectivity index (χ3v) is 7.51. The molecular formula is C17H21BrClNO. The highest BCUT2D eigenvalue weighted by Gasteiger charge is 2.61. The number of carbonyl (C=O) groups is 1. The number of rotatable bonds is 2. The number of hydrogen-bond donors (Lipinski definition) is 1. The summed E-state index contributed by atoms with van der Waals surface area (Å²) in [6.07, 6.45) is 3.59. The van der Waals surface area contributed by atoms with Gasteiger partial charge in [0.1, 0.15) is 0 Å². The Morgan fingerprint density at radius 2 is 2.10 bits per heavy atom. The van der Waals surface area contributed by atoms with Crippen LogP contribution in [0.2, 0.25) is 5.02 Å². The van der Waals surface area contributed by atoms with Crippen molar-refractivity contribution in [1.29, 1.82) is 0 Å². The summed E-state index contributed by atoms with van der Waals surface area (Å²) < 4.78 is 0.814. The smallest absolute Gasteiger partial charge is 0.251 e. The third kappa shape index (κ3) is 2.24. The van der Waals surface area contributed by atoms with Gasteiger partial charge in [-0.2, -0.15) is 0 Å². The Morgan fingerprint density at radius 3 is 2.62 bits per heavy atom. The normalized spacial score (nSPS) is 33.2. The second-order valence-electron chi connectivity index (χ2n) is 7.27. The molecule has 3 rings (SSSR count). The first kappa shape index (κ1) is 15.4. The largest absolute Gasteiger partial charge is 0.349 e. The molecule has 1 N–H and O–H groups in total. The van der Waals surface area contributed by atoms with E-state index >= 15 is 0 Å². The van der Waals surface area contributed by atoms with Gasteiger partial charge in [0.25, 0.3) is 5.91 Å². The molecule has 0 aromatic heterocycles. The van der Waals surface area contributed by atoms with E-state index < -0.39 is 0 Å². The van der Waals surface area contributed by atoms with Gasteiger partial charge in [0.05, 0.1) is 5.02 Å². The van der Waals surface area contributed by atoms with Crippen LogP contribution < -0.4 is 5.32 Å². The van der Waals surface area contributed by atoms with Gasteiger partial charge in [0.2, 0.25) is 0 Å². The first-order valence-corrected chi connectivity index (χ1v) is 8.69. The summed E-state index contributed by atoms with van der Waals surface area (Å²) in [5.74, 6) is 0.709. The van der Waals surface area contributed by atoms with Gasteiger partial charge in [-0.1, -0.05) is 32.4 Å². The molecular weight excluding hydrogens is 350 g/mol. The molecule has 2 nitrogen and oxygen atoms in total. The molecule has 0 spiro atoms. The zero-order chi connectivity index (χ0) is 15.4. The number of hydrogen-bond acceptors (Lipinski definition) is 1. The highest BCUT2D eigenvalue weighted by molar-refractivity contribution is 9.10. The van der Waals surface area contributed by atoms with Crippen LogP contribution in [0.1, 0.15) is 50.4 Å². The van der Waals surface area contributed by atoms with Crippen LogP contribution in [0, 0.1) is 16.7 Å². The molecule has 114 valence electrons. The van der Waals surface area contributed by atoms with Crippen LogP contribution in [-0.2, 0) is 0 Å². The molecule has 2 bridgehead atoms. The van der Waals surface area contributed by atoms with E-state index in [1.54, 1.807) is 6.07 Å². The zero-order valence-corrected chi connectivity index (χ0v) is 15.0. The van der Waals surface area contributed by atoms with Gasteiger partial charge >= 0.3 is 0 Å². The summed E-state index contributed by atoms with van der Waals surface area (Å²) in [5.41, 5.74) is 1.14. The van der Waals surface area contributed by atoms with Crippen molar-refractivity contribution in [1.82, 2.24) is 5.32 Å². The van der Waals surface area contributed by atoms with Gasteiger partial charge in [0, 0.05) is 16.1 Å². The summed E-state index contributed by atoms with van der Waals surface area (Å²) in [6.45, 7) is 7.04. The Balaban J connectivity index is 1.79. The molecule has 1 aromatic carbocycles. The first-order valence-electron chi connectivity index (χ1n) is 7.51. The summed E-state index contributed by atoms with van der Waals surface area (Å²) in [5, 5.41) is 3.83.